The summed E-state index contributed by atoms with van der Waals surface area (Å²) in [6, 6.07) is 6.46. The Bertz CT molecular complexity index is 593. The van der Waals surface area contributed by atoms with Gasteiger partial charge < -0.3 is 10.4 Å². The summed E-state index contributed by atoms with van der Waals surface area (Å²) in [6.07, 6.45) is -3.52. The number of para-hydroxylation sites is 1. The maximum atomic E-state index is 12.4. The number of hydrogen-bond donors (Lipinski definition) is 2. The van der Waals surface area contributed by atoms with Crippen molar-refractivity contribution >= 4 is 17.6 Å². The summed E-state index contributed by atoms with van der Waals surface area (Å²) in [4.78, 5) is 23.2. The summed E-state index contributed by atoms with van der Waals surface area (Å²) >= 11 is 0. The van der Waals surface area contributed by atoms with E-state index in [0.717, 1.165) is 0 Å². The lowest BCUT2D eigenvalue weighted by atomic mass is 9.81. The van der Waals surface area contributed by atoms with Gasteiger partial charge in [-0.1, -0.05) is 18.2 Å². The van der Waals surface area contributed by atoms with Crippen LogP contribution in [0.15, 0.2) is 24.3 Å². The second-order valence-corrected chi connectivity index (χ2v) is 6.15. The summed E-state index contributed by atoms with van der Waals surface area (Å²) in [5, 5.41) is 11.7. The third-order valence-electron chi connectivity index (χ3n) is 4.40. The van der Waals surface area contributed by atoms with Gasteiger partial charge in [0.15, 0.2) is 0 Å². The molecule has 1 fully saturated rings. The fourth-order valence-electron chi connectivity index (χ4n) is 2.97. The number of nitrogens with one attached hydrogen (secondary N) is 1. The van der Waals surface area contributed by atoms with Crippen molar-refractivity contribution in [3.8, 4) is 0 Å². The van der Waals surface area contributed by atoms with Crippen molar-refractivity contribution < 1.29 is 27.9 Å². The first-order valence-corrected chi connectivity index (χ1v) is 7.94. The predicted octanol–water partition coefficient (Wildman–Crippen LogP) is 4.01. The Balaban J connectivity index is 1.96. The molecule has 4 nitrogen and oxygen atoms in total. The molecule has 7 heteroatoms. The van der Waals surface area contributed by atoms with Crippen molar-refractivity contribution in [3.63, 3.8) is 0 Å². The van der Waals surface area contributed by atoms with Crippen molar-refractivity contribution in [2.45, 2.75) is 44.7 Å². The number of carbonyl (C=O) groups excluding carboxylic acids is 1. The highest BCUT2D eigenvalue weighted by molar-refractivity contribution is 5.93. The fraction of sp³-hybridized carbons (Fsp3) is 0.529. The first-order valence-electron chi connectivity index (χ1n) is 7.94. The molecule has 0 saturated heterocycles. The topological polar surface area (TPSA) is 66.4 Å². The van der Waals surface area contributed by atoms with Gasteiger partial charge in [0.2, 0.25) is 5.91 Å². The lowest BCUT2D eigenvalue weighted by Crippen LogP contribution is -2.29. The molecule has 2 N–H and O–H groups in total. The van der Waals surface area contributed by atoms with E-state index in [9.17, 15) is 22.8 Å². The Morgan fingerprint density at radius 1 is 1.08 bits per heavy atom. The van der Waals surface area contributed by atoms with E-state index in [1.807, 2.05) is 0 Å². The lowest BCUT2D eigenvalue weighted by molar-refractivity contribution is -0.143. The van der Waals surface area contributed by atoms with Gasteiger partial charge in [0, 0.05) is 18.0 Å². The van der Waals surface area contributed by atoms with Crippen molar-refractivity contribution in [2.24, 2.45) is 11.8 Å². The normalized spacial score (nSPS) is 21.3. The molecular weight excluding hydrogens is 323 g/mol. The summed E-state index contributed by atoms with van der Waals surface area (Å²) in [5.41, 5.74) is 0.842. The number of alkyl halides is 3. The standard InChI is InChI=1S/C17H20F3NO3/c18-17(19,20)10-9-11-3-1-2-4-14(11)21-15(22)12-5-7-13(8-6-12)16(23)24/h1-4,12-13H,5-10H2,(H,21,22)(H,23,24). The number of carboxylic acids is 1. The molecule has 0 spiro atoms. The van der Waals surface area contributed by atoms with E-state index in [1.165, 1.54) is 0 Å². The van der Waals surface area contributed by atoms with Gasteiger partial charge in [-0.25, -0.2) is 0 Å². The van der Waals surface area contributed by atoms with Crippen LogP contribution in [0, 0.1) is 11.8 Å². The molecule has 0 unspecified atom stereocenters. The summed E-state index contributed by atoms with van der Waals surface area (Å²) in [5.74, 6) is -1.80. The minimum absolute atomic E-state index is 0.189. The number of hydrogen-bond acceptors (Lipinski definition) is 2. The van der Waals surface area contributed by atoms with Gasteiger partial charge >= 0.3 is 12.1 Å². The molecule has 0 radical (unpaired) electrons. The van der Waals surface area contributed by atoms with Crippen LogP contribution in [-0.4, -0.2) is 23.2 Å². The second kappa shape index (κ2) is 7.68. The molecule has 1 aliphatic rings. The van der Waals surface area contributed by atoms with Crippen LogP contribution in [0.2, 0.25) is 0 Å². The smallest absolute Gasteiger partial charge is 0.389 e. The molecule has 1 aromatic rings. The monoisotopic (exact) mass is 343 g/mol. The number of anilines is 1. The molecule has 0 atom stereocenters. The predicted molar refractivity (Wildman–Crippen MR) is 82.5 cm³/mol. The third-order valence-corrected chi connectivity index (χ3v) is 4.40. The Labute approximate surface area is 138 Å². The number of rotatable bonds is 5. The molecule has 2 rings (SSSR count). The van der Waals surface area contributed by atoms with E-state index in [1.54, 1.807) is 24.3 Å². The zero-order chi connectivity index (χ0) is 17.7. The van der Waals surface area contributed by atoms with Crippen LogP contribution in [0.1, 0.15) is 37.7 Å². The van der Waals surface area contributed by atoms with Crippen LogP contribution in [0.3, 0.4) is 0 Å². The van der Waals surface area contributed by atoms with E-state index in [0.29, 0.717) is 36.9 Å². The number of aliphatic carboxylic acids is 1. The molecule has 0 aliphatic heterocycles. The van der Waals surface area contributed by atoms with E-state index < -0.39 is 24.5 Å². The lowest BCUT2D eigenvalue weighted by Gasteiger charge is -2.25. The van der Waals surface area contributed by atoms with Gasteiger partial charge in [-0.05, 0) is 43.7 Å². The first-order chi connectivity index (χ1) is 11.3. The molecular formula is C17H20F3NO3. The van der Waals surface area contributed by atoms with Crippen molar-refractivity contribution in [1.82, 2.24) is 0 Å². The maximum Gasteiger partial charge on any atom is 0.389 e. The van der Waals surface area contributed by atoms with Gasteiger partial charge in [0.05, 0.1) is 5.92 Å². The average molecular weight is 343 g/mol. The van der Waals surface area contributed by atoms with Gasteiger partial charge in [0.1, 0.15) is 0 Å². The molecule has 1 amide bonds. The zero-order valence-electron chi connectivity index (χ0n) is 13.1. The highest BCUT2D eigenvalue weighted by Crippen LogP contribution is 2.31. The Morgan fingerprint density at radius 2 is 1.67 bits per heavy atom. The number of carboxylic acid groups (broad SMARTS) is 1. The highest BCUT2D eigenvalue weighted by atomic mass is 19.4. The molecule has 1 aliphatic carbocycles. The van der Waals surface area contributed by atoms with Gasteiger partial charge in [-0.3, -0.25) is 9.59 Å². The van der Waals surface area contributed by atoms with Crippen LogP contribution < -0.4 is 5.32 Å². The van der Waals surface area contributed by atoms with Crippen molar-refractivity contribution in [1.29, 1.82) is 0 Å². The Morgan fingerprint density at radius 3 is 2.25 bits per heavy atom. The zero-order valence-corrected chi connectivity index (χ0v) is 13.1. The number of aryl methyl sites for hydroxylation is 1. The van der Waals surface area contributed by atoms with Crippen molar-refractivity contribution in [3.05, 3.63) is 29.8 Å². The van der Waals surface area contributed by atoms with E-state index in [2.05, 4.69) is 5.32 Å². The molecule has 0 aromatic heterocycles. The Kier molecular flexibility index (Phi) is 5.85. The summed E-state index contributed by atoms with van der Waals surface area (Å²) in [6.45, 7) is 0. The number of carbonyl (C=O) groups is 2. The highest BCUT2D eigenvalue weighted by Gasteiger charge is 2.30. The Hall–Kier alpha value is -2.05. The third kappa shape index (κ3) is 5.25. The van der Waals surface area contributed by atoms with E-state index in [4.69, 9.17) is 5.11 Å². The molecule has 1 aromatic carbocycles. The van der Waals surface area contributed by atoms with Gasteiger partial charge in [-0.15, -0.1) is 0 Å². The minimum Gasteiger partial charge on any atom is -0.481 e. The molecule has 0 heterocycles. The maximum absolute atomic E-state index is 12.4. The van der Waals surface area contributed by atoms with Crippen molar-refractivity contribution in [2.75, 3.05) is 5.32 Å². The molecule has 24 heavy (non-hydrogen) atoms. The summed E-state index contributed by atoms with van der Waals surface area (Å²) < 4.78 is 37.2. The van der Waals surface area contributed by atoms with E-state index >= 15 is 0 Å². The average Bonchev–Trinajstić information content (AvgIpc) is 2.53. The van der Waals surface area contributed by atoms with E-state index in [-0.39, 0.29) is 18.2 Å². The largest absolute Gasteiger partial charge is 0.481 e. The van der Waals surface area contributed by atoms with Crippen LogP contribution in [0.25, 0.3) is 0 Å². The van der Waals surface area contributed by atoms with Gasteiger partial charge in [0.25, 0.3) is 0 Å². The van der Waals surface area contributed by atoms with Crippen LogP contribution in [0.4, 0.5) is 18.9 Å². The first kappa shape index (κ1) is 18.3. The molecule has 132 valence electrons. The quantitative estimate of drug-likeness (QED) is 0.849. The number of benzene rings is 1. The van der Waals surface area contributed by atoms with Crippen LogP contribution >= 0.6 is 0 Å². The second-order valence-electron chi connectivity index (χ2n) is 6.15. The van der Waals surface area contributed by atoms with Crippen LogP contribution in [-0.2, 0) is 16.0 Å². The summed E-state index contributed by atoms with van der Waals surface area (Å²) in [7, 11) is 0. The van der Waals surface area contributed by atoms with Gasteiger partial charge in [-0.2, -0.15) is 13.2 Å². The SMILES string of the molecule is O=C(O)C1CCC(C(=O)Nc2ccccc2CCC(F)(F)F)CC1. The number of amides is 1. The molecule has 1 saturated carbocycles. The fourth-order valence-corrected chi connectivity index (χ4v) is 2.97. The van der Waals surface area contributed by atoms with Crippen LogP contribution in [0.5, 0.6) is 0 Å². The molecule has 0 bridgehead atoms. The minimum atomic E-state index is -4.24. The number of halogens is 3.